The molecular formula is C21H20ClN3O2. The van der Waals surface area contributed by atoms with E-state index in [-0.39, 0.29) is 18.6 Å². The molecule has 2 heterocycles. The number of ether oxygens (including phenoxy) is 1. The Kier molecular flexibility index (Phi) is 5.12. The fourth-order valence-corrected chi connectivity index (χ4v) is 3.58. The molecule has 0 saturated carbocycles. The highest BCUT2D eigenvalue weighted by Gasteiger charge is 2.25. The lowest BCUT2D eigenvalue weighted by atomic mass is 10.2. The molecule has 0 bridgehead atoms. The maximum atomic E-state index is 12.2. The fraction of sp³-hybridized carbons (Fsp3) is 0.238. The van der Waals surface area contributed by atoms with Crippen LogP contribution in [0.5, 0.6) is 5.75 Å². The zero-order chi connectivity index (χ0) is 18.6. The first-order valence-corrected chi connectivity index (χ1v) is 9.33. The molecule has 138 valence electrons. The summed E-state index contributed by atoms with van der Waals surface area (Å²) < 4.78 is 5.51. The Morgan fingerprint density at radius 3 is 2.93 bits per heavy atom. The zero-order valence-corrected chi connectivity index (χ0v) is 15.5. The number of aromatic nitrogens is 1. The quantitative estimate of drug-likeness (QED) is 0.732. The predicted molar refractivity (Wildman–Crippen MR) is 107 cm³/mol. The number of hydrogen-bond acceptors (Lipinski definition) is 4. The van der Waals surface area contributed by atoms with Crippen LogP contribution in [0.1, 0.15) is 6.42 Å². The molecule has 1 aliphatic rings. The van der Waals surface area contributed by atoms with Crippen LogP contribution < -0.4 is 15.0 Å². The van der Waals surface area contributed by atoms with E-state index in [1.807, 2.05) is 54.6 Å². The number of amides is 1. The standard InChI is InChI=1S/C21H20ClN3O2/c22-15-6-7-18-19(12-15)23-10-8-20(18)25-11-9-16(13-25)24-21(26)14-27-17-4-2-1-3-5-17/h1-8,10,12,16H,9,11,13-14H2,(H,24,26). The van der Waals surface area contributed by atoms with Crippen molar-refractivity contribution in [1.29, 1.82) is 0 Å². The molecule has 0 radical (unpaired) electrons. The van der Waals surface area contributed by atoms with Crippen LogP contribution in [0.3, 0.4) is 0 Å². The van der Waals surface area contributed by atoms with Crippen LogP contribution in [0.4, 0.5) is 5.69 Å². The second-order valence-corrected chi connectivity index (χ2v) is 7.03. The third kappa shape index (κ3) is 4.14. The van der Waals surface area contributed by atoms with Crippen molar-refractivity contribution in [3.8, 4) is 5.75 Å². The number of nitrogens with zero attached hydrogens (tertiary/aromatic N) is 2. The van der Waals surface area contributed by atoms with Crippen molar-refractivity contribution >= 4 is 34.1 Å². The first-order chi connectivity index (χ1) is 13.2. The van der Waals surface area contributed by atoms with Gasteiger partial charge in [-0.25, -0.2) is 0 Å². The van der Waals surface area contributed by atoms with Crippen LogP contribution in [-0.2, 0) is 4.79 Å². The smallest absolute Gasteiger partial charge is 0.258 e. The van der Waals surface area contributed by atoms with Gasteiger partial charge in [-0.05, 0) is 42.8 Å². The molecule has 0 spiro atoms. The third-order valence-corrected chi connectivity index (χ3v) is 4.92. The van der Waals surface area contributed by atoms with Crippen LogP contribution in [0.25, 0.3) is 10.9 Å². The van der Waals surface area contributed by atoms with Crippen LogP contribution in [0.15, 0.2) is 60.8 Å². The van der Waals surface area contributed by atoms with Gasteiger partial charge in [-0.2, -0.15) is 0 Å². The van der Waals surface area contributed by atoms with Crippen molar-refractivity contribution in [2.75, 3.05) is 24.6 Å². The number of anilines is 1. The van der Waals surface area contributed by atoms with Crippen molar-refractivity contribution in [3.63, 3.8) is 0 Å². The number of halogens is 1. The lowest BCUT2D eigenvalue weighted by Crippen LogP contribution is -2.39. The summed E-state index contributed by atoms with van der Waals surface area (Å²) >= 11 is 6.07. The van der Waals surface area contributed by atoms with Crippen molar-refractivity contribution in [2.24, 2.45) is 0 Å². The second kappa shape index (κ2) is 7.84. The Morgan fingerprint density at radius 2 is 2.07 bits per heavy atom. The molecule has 1 amide bonds. The maximum Gasteiger partial charge on any atom is 0.258 e. The van der Waals surface area contributed by atoms with Crippen LogP contribution in [-0.4, -0.2) is 36.6 Å². The molecule has 1 fully saturated rings. The van der Waals surface area contributed by atoms with Crippen molar-refractivity contribution in [1.82, 2.24) is 10.3 Å². The number of hydrogen-bond donors (Lipinski definition) is 1. The molecule has 0 aliphatic carbocycles. The summed E-state index contributed by atoms with van der Waals surface area (Å²) in [5.74, 6) is 0.597. The fourth-order valence-electron chi connectivity index (χ4n) is 3.41. The van der Waals surface area contributed by atoms with Gasteiger partial charge in [0.05, 0.1) is 5.52 Å². The number of nitrogens with one attached hydrogen (secondary N) is 1. The van der Waals surface area contributed by atoms with E-state index in [0.717, 1.165) is 36.1 Å². The molecule has 27 heavy (non-hydrogen) atoms. The predicted octanol–water partition coefficient (Wildman–Crippen LogP) is 3.66. The number of rotatable bonds is 5. The van der Waals surface area contributed by atoms with E-state index in [4.69, 9.17) is 16.3 Å². The Morgan fingerprint density at radius 1 is 1.22 bits per heavy atom. The van der Waals surface area contributed by atoms with E-state index in [1.165, 1.54) is 0 Å². The lowest BCUT2D eigenvalue weighted by Gasteiger charge is -2.21. The van der Waals surface area contributed by atoms with Crippen LogP contribution >= 0.6 is 11.6 Å². The Balaban J connectivity index is 1.37. The van der Waals surface area contributed by atoms with E-state index < -0.39 is 0 Å². The average molecular weight is 382 g/mol. The SMILES string of the molecule is O=C(COc1ccccc1)NC1CCN(c2ccnc3cc(Cl)ccc23)C1. The number of para-hydroxylation sites is 1. The minimum atomic E-state index is -0.0999. The van der Waals surface area contributed by atoms with Gasteiger partial charge in [0.25, 0.3) is 5.91 Å². The monoisotopic (exact) mass is 381 g/mol. The number of fused-ring (bicyclic) bond motifs is 1. The molecule has 3 aromatic rings. The largest absolute Gasteiger partial charge is 0.484 e. The third-order valence-electron chi connectivity index (χ3n) is 4.69. The van der Waals surface area contributed by atoms with Crippen molar-refractivity contribution in [2.45, 2.75) is 12.5 Å². The van der Waals surface area contributed by atoms with E-state index in [0.29, 0.717) is 10.8 Å². The van der Waals surface area contributed by atoms with Crippen molar-refractivity contribution in [3.05, 3.63) is 65.8 Å². The molecule has 1 aromatic heterocycles. The summed E-state index contributed by atoms with van der Waals surface area (Å²) in [7, 11) is 0. The minimum Gasteiger partial charge on any atom is -0.484 e. The summed E-state index contributed by atoms with van der Waals surface area (Å²) in [4.78, 5) is 18.9. The molecule has 6 heteroatoms. The van der Waals surface area contributed by atoms with Crippen LogP contribution in [0, 0.1) is 0 Å². The van der Waals surface area contributed by atoms with Gasteiger partial charge in [0.1, 0.15) is 5.75 Å². The molecule has 1 aliphatic heterocycles. The molecule has 1 N–H and O–H groups in total. The van der Waals surface area contributed by atoms with Gasteiger partial charge in [-0.15, -0.1) is 0 Å². The molecule has 2 aromatic carbocycles. The van der Waals surface area contributed by atoms with Gasteiger partial charge in [0, 0.05) is 41.4 Å². The van der Waals surface area contributed by atoms with Crippen molar-refractivity contribution < 1.29 is 9.53 Å². The maximum absolute atomic E-state index is 12.2. The average Bonchev–Trinajstić information content (AvgIpc) is 3.14. The first kappa shape index (κ1) is 17.6. The molecular weight excluding hydrogens is 362 g/mol. The number of benzene rings is 2. The Hall–Kier alpha value is -2.79. The second-order valence-electron chi connectivity index (χ2n) is 6.59. The first-order valence-electron chi connectivity index (χ1n) is 8.95. The van der Waals surface area contributed by atoms with E-state index in [2.05, 4.69) is 15.2 Å². The molecule has 5 nitrogen and oxygen atoms in total. The van der Waals surface area contributed by atoms with Gasteiger partial charge in [0.2, 0.25) is 0 Å². The lowest BCUT2D eigenvalue weighted by molar-refractivity contribution is -0.123. The minimum absolute atomic E-state index is 0.0250. The Bertz CT molecular complexity index is 949. The summed E-state index contributed by atoms with van der Waals surface area (Å²) in [6.07, 6.45) is 2.70. The van der Waals surface area contributed by atoms with E-state index in [9.17, 15) is 4.79 Å². The highest BCUT2D eigenvalue weighted by molar-refractivity contribution is 6.31. The van der Waals surface area contributed by atoms with E-state index >= 15 is 0 Å². The highest BCUT2D eigenvalue weighted by Crippen LogP contribution is 2.29. The zero-order valence-electron chi connectivity index (χ0n) is 14.8. The molecule has 1 atom stereocenters. The summed E-state index contributed by atoms with van der Waals surface area (Å²) in [5.41, 5.74) is 2.00. The van der Waals surface area contributed by atoms with E-state index in [1.54, 1.807) is 6.20 Å². The highest BCUT2D eigenvalue weighted by atomic mass is 35.5. The topological polar surface area (TPSA) is 54.5 Å². The van der Waals surface area contributed by atoms with Gasteiger partial charge in [-0.1, -0.05) is 29.8 Å². The van der Waals surface area contributed by atoms with Gasteiger partial charge < -0.3 is 15.0 Å². The normalized spacial score (nSPS) is 16.5. The molecule has 1 unspecified atom stereocenters. The number of carbonyl (C=O) groups excluding carboxylic acids is 1. The summed E-state index contributed by atoms with van der Waals surface area (Å²) in [6, 6.07) is 17.2. The molecule has 1 saturated heterocycles. The Labute approximate surface area is 162 Å². The summed E-state index contributed by atoms with van der Waals surface area (Å²) in [6.45, 7) is 1.67. The van der Waals surface area contributed by atoms with Crippen LogP contribution in [0.2, 0.25) is 5.02 Å². The van der Waals surface area contributed by atoms with Gasteiger partial charge in [-0.3, -0.25) is 9.78 Å². The number of pyridine rings is 1. The molecule has 4 rings (SSSR count). The number of carbonyl (C=O) groups is 1. The van der Waals surface area contributed by atoms with Gasteiger partial charge >= 0.3 is 0 Å². The van der Waals surface area contributed by atoms with Gasteiger partial charge in [0.15, 0.2) is 6.61 Å². The summed E-state index contributed by atoms with van der Waals surface area (Å²) in [5, 5.41) is 4.81.